The molecule has 0 bridgehead atoms. The summed E-state index contributed by atoms with van der Waals surface area (Å²) >= 11 is 0. The SMILES string of the molecule is CCS(=O)(=O)Nc1ccc(Nc2ccc(OC)cc2OC)nc1. The van der Waals surface area contributed by atoms with Crippen LogP contribution in [0.4, 0.5) is 17.2 Å². The highest BCUT2D eigenvalue weighted by molar-refractivity contribution is 7.92. The van der Waals surface area contributed by atoms with Gasteiger partial charge in [0.25, 0.3) is 0 Å². The molecular weight excluding hydrogens is 318 g/mol. The first-order valence-electron chi connectivity index (χ1n) is 6.93. The number of methoxy groups -OCH3 is 2. The van der Waals surface area contributed by atoms with Crippen molar-refractivity contribution in [2.45, 2.75) is 6.92 Å². The summed E-state index contributed by atoms with van der Waals surface area (Å²) < 4.78 is 35.9. The first-order valence-corrected chi connectivity index (χ1v) is 8.58. The maximum Gasteiger partial charge on any atom is 0.232 e. The van der Waals surface area contributed by atoms with Crippen LogP contribution in [0, 0.1) is 0 Å². The maximum atomic E-state index is 11.5. The fraction of sp³-hybridized carbons (Fsp3) is 0.267. The quantitative estimate of drug-likeness (QED) is 0.807. The number of sulfonamides is 1. The lowest BCUT2D eigenvalue weighted by atomic mass is 10.2. The van der Waals surface area contributed by atoms with Crippen LogP contribution in [0.15, 0.2) is 36.5 Å². The zero-order valence-corrected chi connectivity index (χ0v) is 14.0. The van der Waals surface area contributed by atoms with Crippen molar-refractivity contribution in [2.75, 3.05) is 30.0 Å². The Balaban J connectivity index is 2.15. The molecule has 7 nitrogen and oxygen atoms in total. The second-order valence-electron chi connectivity index (χ2n) is 4.63. The average molecular weight is 337 g/mol. The van der Waals surface area contributed by atoms with Gasteiger partial charge in [0.2, 0.25) is 10.0 Å². The highest BCUT2D eigenvalue weighted by Crippen LogP contribution is 2.31. The van der Waals surface area contributed by atoms with Gasteiger partial charge in [0.15, 0.2) is 0 Å². The molecule has 124 valence electrons. The van der Waals surface area contributed by atoms with E-state index in [1.54, 1.807) is 45.4 Å². The second kappa shape index (κ2) is 7.19. The summed E-state index contributed by atoms with van der Waals surface area (Å²) in [4.78, 5) is 4.19. The molecule has 0 aliphatic heterocycles. The van der Waals surface area contributed by atoms with E-state index in [1.165, 1.54) is 6.20 Å². The van der Waals surface area contributed by atoms with Gasteiger partial charge in [-0.15, -0.1) is 0 Å². The molecule has 0 radical (unpaired) electrons. The van der Waals surface area contributed by atoms with Gasteiger partial charge < -0.3 is 14.8 Å². The zero-order chi connectivity index (χ0) is 16.9. The summed E-state index contributed by atoms with van der Waals surface area (Å²) in [5, 5.41) is 3.11. The minimum atomic E-state index is -3.31. The van der Waals surface area contributed by atoms with Gasteiger partial charge >= 0.3 is 0 Å². The third-order valence-corrected chi connectivity index (χ3v) is 4.40. The van der Waals surface area contributed by atoms with Crippen molar-refractivity contribution in [2.24, 2.45) is 0 Å². The van der Waals surface area contributed by atoms with Gasteiger partial charge in [-0.1, -0.05) is 0 Å². The van der Waals surface area contributed by atoms with Crippen LogP contribution in [0.5, 0.6) is 11.5 Å². The molecule has 2 rings (SSSR count). The van der Waals surface area contributed by atoms with Gasteiger partial charge in [0.1, 0.15) is 17.3 Å². The number of ether oxygens (including phenoxy) is 2. The van der Waals surface area contributed by atoms with E-state index < -0.39 is 10.0 Å². The number of hydrogen-bond acceptors (Lipinski definition) is 6. The van der Waals surface area contributed by atoms with Gasteiger partial charge in [0, 0.05) is 6.07 Å². The molecule has 0 saturated carbocycles. The molecule has 23 heavy (non-hydrogen) atoms. The Labute approximate surface area is 135 Å². The first-order chi connectivity index (χ1) is 11.0. The summed E-state index contributed by atoms with van der Waals surface area (Å²) in [5.41, 5.74) is 1.14. The molecule has 2 N–H and O–H groups in total. The minimum absolute atomic E-state index is 0.00997. The lowest BCUT2D eigenvalue weighted by Gasteiger charge is -2.12. The van der Waals surface area contributed by atoms with Gasteiger partial charge in [-0.3, -0.25) is 4.72 Å². The molecule has 0 saturated heterocycles. The number of hydrogen-bond donors (Lipinski definition) is 2. The van der Waals surface area contributed by atoms with E-state index in [1.807, 2.05) is 6.07 Å². The van der Waals surface area contributed by atoms with Crippen LogP contribution in [0.1, 0.15) is 6.92 Å². The third kappa shape index (κ3) is 4.49. The Morgan fingerprint density at radius 1 is 1.13 bits per heavy atom. The van der Waals surface area contributed by atoms with Crippen molar-refractivity contribution in [3.8, 4) is 11.5 Å². The van der Waals surface area contributed by atoms with Crippen LogP contribution in [-0.2, 0) is 10.0 Å². The Morgan fingerprint density at radius 2 is 1.91 bits per heavy atom. The van der Waals surface area contributed by atoms with E-state index in [9.17, 15) is 8.42 Å². The molecule has 0 amide bonds. The molecule has 0 aliphatic rings. The van der Waals surface area contributed by atoms with Gasteiger partial charge in [-0.05, 0) is 31.2 Å². The standard InChI is InChI=1S/C15H19N3O4S/c1-4-23(19,20)18-11-5-8-15(16-10-11)17-13-7-6-12(21-2)9-14(13)22-3/h5-10,18H,4H2,1-3H3,(H,16,17). The zero-order valence-electron chi connectivity index (χ0n) is 13.2. The van der Waals surface area contributed by atoms with Crippen LogP contribution in [0.2, 0.25) is 0 Å². The first kappa shape index (κ1) is 16.9. The lowest BCUT2D eigenvalue weighted by Crippen LogP contribution is -2.14. The highest BCUT2D eigenvalue weighted by Gasteiger charge is 2.08. The molecule has 2 aromatic rings. The summed E-state index contributed by atoms with van der Waals surface area (Å²) in [5.74, 6) is 1.87. The second-order valence-corrected chi connectivity index (χ2v) is 6.64. The molecule has 0 aliphatic carbocycles. The van der Waals surface area contributed by atoms with E-state index >= 15 is 0 Å². The number of nitrogens with one attached hydrogen (secondary N) is 2. The summed E-state index contributed by atoms with van der Waals surface area (Å²) in [6.45, 7) is 1.57. The number of anilines is 3. The number of pyridine rings is 1. The smallest absolute Gasteiger partial charge is 0.232 e. The van der Waals surface area contributed by atoms with Crippen molar-refractivity contribution in [3.05, 3.63) is 36.5 Å². The molecule has 0 unspecified atom stereocenters. The van der Waals surface area contributed by atoms with Crippen molar-refractivity contribution in [1.82, 2.24) is 4.98 Å². The Kier molecular flexibility index (Phi) is 5.28. The summed E-state index contributed by atoms with van der Waals surface area (Å²) in [6.07, 6.45) is 1.45. The fourth-order valence-electron chi connectivity index (χ4n) is 1.82. The Hall–Kier alpha value is -2.48. The Bertz CT molecular complexity index is 761. The van der Waals surface area contributed by atoms with E-state index in [0.29, 0.717) is 23.0 Å². The number of benzene rings is 1. The number of aromatic nitrogens is 1. The molecular formula is C15H19N3O4S. The van der Waals surface area contributed by atoms with Crippen LogP contribution in [0.25, 0.3) is 0 Å². The van der Waals surface area contributed by atoms with Crippen LogP contribution in [0.3, 0.4) is 0 Å². The molecule has 0 spiro atoms. The lowest BCUT2D eigenvalue weighted by molar-refractivity contribution is 0.395. The third-order valence-electron chi connectivity index (χ3n) is 3.09. The van der Waals surface area contributed by atoms with E-state index in [2.05, 4.69) is 15.0 Å². The molecule has 1 heterocycles. The van der Waals surface area contributed by atoms with Gasteiger partial charge in [-0.25, -0.2) is 13.4 Å². The van der Waals surface area contributed by atoms with E-state index in [4.69, 9.17) is 9.47 Å². The van der Waals surface area contributed by atoms with Crippen molar-refractivity contribution in [1.29, 1.82) is 0 Å². The monoisotopic (exact) mass is 337 g/mol. The number of nitrogens with zero attached hydrogens (tertiary/aromatic N) is 1. The van der Waals surface area contributed by atoms with E-state index in [0.717, 1.165) is 5.69 Å². The molecule has 0 fully saturated rings. The molecule has 1 aromatic heterocycles. The molecule has 0 atom stereocenters. The molecule has 8 heteroatoms. The average Bonchev–Trinajstić information content (AvgIpc) is 2.56. The number of rotatable bonds is 7. The van der Waals surface area contributed by atoms with Crippen LogP contribution >= 0.6 is 0 Å². The van der Waals surface area contributed by atoms with Gasteiger partial charge in [0.05, 0.1) is 37.5 Å². The largest absolute Gasteiger partial charge is 0.497 e. The van der Waals surface area contributed by atoms with Crippen molar-refractivity contribution in [3.63, 3.8) is 0 Å². The van der Waals surface area contributed by atoms with Crippen LogP contribution < -0.4 is 19.5 Å². The van der Waals surface area contributed by atoms with E-state index in [-0.39, 0.29) is 5.75 Å². The van der Waals surface area contributed by atoms with Gasteiger partial charge in [-0.2, -0.15) is 0 Å². The predicted molar refractivity (Wildman–Crippen MR) is 90.1 cm³/mol. The maximum absolute atomic E-state index is 11.5. The highest BCUT2D eigenvalue weighted by atomic mass is 32.2. The fourth-order valence-corrected chi connectivity index (χ4v) is 2.44. The van der Waals surface area contributed by atoms with Crippen molar-refractivity contribution < 1.29 is 17.9 Å². The normalized spacial score (nSPS) is 10.9. The Morgan fingerprint density at radius 3 is 2.48 bits per heavy atom. The van der Waals surface area contributed by atoms with Crippen LogP contribution in [-0.4, -0.2) is 33.4 Å². The minimum Gasteiger partial charge on any atom is -0.497 e. The summed E-state index contributed by atoms with van der Waals surface area (Å²) in [7, 11) is -0.159. The predicted octanol–water partition coefficient (Wildman–Crippen LogP) is 2.60. The summed E-state index contributed by atoms with van der Waals surface area (Å²) in [6, 6.07) is 8.68. The van der Waals surface area contributed by atoms with Crippen molar-refractivity contribution >= 4 is 27.2 Å². The molecule has 1 aromatic carbocycles. The topological polar surface area (TPSA) is 89.6 Å².